The van der Waals surface area contributed by atoms with Gasteiger partial charge in [-0.25, -0.2) is 0 Å². The zero-order chi connectivity index (χ0) is 9.52. The Kier molecular flexibility index (Phi) is 3.96. The smallest absolute Gasteiger partial charge is 0.0869 e. The van der Waals surface area contributed by atoms with Gasteiger partial charge in [-0.15, -0.1) is 0 Å². The molecule has 0 heterocycles. The SMILES string of the molecule is CCNc1ccccc1CN=NC. The number of nitrogens with one attached hydrogen (secondary N) is 1. The normalized spacial score (nSPS) is 10.6. The molecule has 0 spiro atoms. The molecule has 1 aromatic carbocycles. The summed E-state index contributed by atoms with van der Waals surface area (Å²) in [5, 5.41) is 11.0. The molecule has 0 atom stereocenters. The summed E-state index contributed by atoms with van der Waals surface area (Å²) in [5.74, 6) is 0. The molecule has 0 unspecified atom stereocenters. The predicted molar refractivity (Wildman–Crippen MR) is 55.1 cm³/mol. The highest BCUT2D eigenvalue weighted by atomic mass is 15.1. The first-order chi connectivity index (χ1) is 6.38. The van der Waals surface area contributed by atoms with Crippen LogP contribution in [0.2, 0.25) is 0 Å². The number of anilines is 1. The van der Waals surface area contributed by atoms with Crippen LogP contribution in [0.3, 0.4) is 0 Å². The molecule has 1 N–H and O–H groups in total. The summed E-state index contributed by atoms with van der Waals surface area (Å²) in [5.41, 5.74) is 2.34. The van der Waals surface area contributed by atoms with Crippen LogP contribution in [0.1, 0.15) is 12.5 Å². The molecule has 70 valence electrons. The fourth-order valence-electron chi connectivity index (χ4n) is 1.17. The molecular formula is C10H15N3. The van der Waals surface area contributed by atoms with E-state index >= 15 is 0 Å². The average Bonchev–Trinajstić information content (AvgIpc) is 2.17. The van der Waals surface area contributed by atoms with E-state index in [1.807, 2.05) is 12.1 Å². The zero-order valence-electron chi connectivity index (χ0n) is 8.12. The van der Waals surface area contributed by atoms with Crippen LogP contribution in [0.15, 0.2) is 34.5 Å². The van der Waals surface area contributed by atoms with E-state index in [1.165, 1.54) is 5.56 Å². The maximum Gasteiger partial charge on any atom is 0.0869 e. The van der Waals surface area contributed by atoms with E-state index in [2.05, 4.69) is 34.6 Å². The van der Waals surface area contributed by atoms with Gasteiger partial charge in [-0.1, -0.05) is 18.2 Å². The van der Waals surface area contributed by atoms with Crippen molar-refractivity contribution in [3.63, 3.8) is 0 Å². The fraction of sp³-hybridized carbons (Fsp3) is 0.400. The molecule has 1 rings (SSSR count). The van der Waals surface area contributed by atoms with Crippen molar-refractivity contribution in [1.29, 1.82) is 0 Å². The van der Waals surface area contributed by atoms with Gasteiger partial charge in [0.1, 0.15) is 0 Å². The van der Waals surface area contributed by atoms with Gasteiger partial charge in [0.25, 0.3) is 0 Å². The van der Waals surface area contributed by atoms with Crippen LogP contribution in [0.25, 0.3) is 0 Å². The van der Waals surface area contributed by atoms with Crippen LogP contribution >= 0.6 is 0 Å². The van der Waals surface area contributed by atoms with Crippen molar-refractivity contribution in [1.82, 2.24) is 0 Å². The molecule has 0 saturated carbocycles. The summed E-state index contributed by atoms with van der Waals surface area (Å²) in [6.45, 7) is 3.66. The van der Waals surface area contributed by atoms with Gasteiger partial charge in [0.2, 0.25) is 0 Å². The molecule has 0 aliphatic carbocycles. The van der Waals surface area contributed by atoms with Crippen molar-refractivity contribution < 1.29 is 0 Å². The predicted octanol–water partition coefficient (Wildman–Crippen LogP) is 2.70. The lowest BCUT2D eigenvalue weighted by Crippen LogP contribution is -1.99. The third kappa shape index (κ3) is 2.86. The largest absolute Gasteiger partial charge is 0.385 e. The Morgan fingerprint density at radius 1 is 1.31 bits per heavy atom. The number of para-hydroxylation sites is 1. The van der Waals surface area contributed by atoms with E-state index in [1.54, 1.807) is 7.05 Å². The topological polar surface area (TPSA) is 36.8 Å². The molecule has 0 fully saturated rings. The molecule has 13 heavy (non-hydrogen) atoms. The zero-order valence-corrected chi connectivity index (χ0v) is 8.12. The summed E-state index contributed by atoms with van der Waals surface area (Å²) in [6.07, 6.45) is 0. The van der Waals surface area contributed by atoms with Crippen molar-refractivity contribution in [3.8, 4) is 0 Å². The monoisotopic (exact) mass is 177 g/mol. The van der Waals surface area contributed by atoms with Crippen molar-refractivity contribution in [2.45, 2.75) is 13.5 Å². The Balaban J connectivity index is 2.77. The highest BCUT2D eigenvalue weighted by molar-refractivity contribution is 5.50. The van der Waals surface area contributed by atoms with Crippen molar-refractivity contribution in [2.75, 3.05) is 18.9 Å². The average molecular weight is 177 g/mol. The van der Waals surface area contributed by atoms with Gasteiger partial charge in [0, 0.05) is 19.3 Å². The minimum atomic E-state index is 0.652. The number of nitrogens with zero attached hydrogens (tertiary/aromatic N) is 2. The lowest BCUT2D eigenvalue weighted by atomic mass is 10.2. The second-order valence-electron chi connectivity index (χ2n) is 2.69. The van der Waals surface area contributed by atoms with Crippen LogP contribution in [0.5, 0.6) is 0 Å². The number of azo groups is 1. The van der Waals surface area contributed by atoms with Gasteiger partial charge in [-0.05, 0) is 18.6 Å². The van der Waals surface area contributed by atoms with Gasteiger partial charge >= 0.3 is 0 Å². The highest BCUT2D eigenvalue weighted by Crippen LogP contribution is 2.15. The molecule has 0 radical (unpaired) electrons. The van der Waals surface area contributed by atoms with E-state index in [4.69, 9.17) is 0 Å². The maximum atomic E-state index is 3.97. The number of hydrogen-bond donors (Lipinski definition) is 1. The van der Waals surface area contributed by atoms with Crippen LogP contribution in [0, 0.1) is 0 Å². The standard InChI is InChI=1S/C10H15N3/c1-3-12-10-7-5-4-6-9(10)8-13-11-2/h4-7,12H,3,8H2,1-2H3. The summed E-state index contributed by atoms with van der Waals surface area (Å²) in [4.78, 5) is 0. The summed E-state index contributed by atoms with van der Waals surface area (Å²) < 4.78 is 0. The lowest BCUT2D eigenvalue weighted by molar-refractivity contribution is 0.933. The number of rotatable bonds is 4. The van der Waals surface area contributed by atoms with Crippen molar-refractivity contribution in [2.24, 2.45) is 10.2 Å². The van der Waals surface area contributed by atoms with E-state index in [0.717, 1.165) is 12.2 Å². The van der Waals surface area contributed by atoms with Gasteiger partial charge in [0.15, 0.2) is 0 Å². The van der Waals surface area contributed by atoms with E-state index in [9.17, 15) is 0 Å². The number of hydrogen-bond acceptors (Lipinski definition) is 3. The number of benzene rings is 1. The van der Waals surface area contributed by atoms with Crippen LogP contribution in [-0.4, -0.2) is 13.6 Å². The molecule has 3 heteroatoms. The Morgan fingerprint density at radius 3 is 2.77 bits per heavy atom. The molecule has 0 bridgehead atoms. The Hall–Kier alpha value is -1.38. The van der Waals surface area contributed by atoms with E-state index in [0.29, 0.717) is 6.54 Å². The molecule has 0 aliphatic rings. The van der Waals surface area contributed by atoms with Crippen LogP contribution < -0.4 is 5.32 Å². The van der Waals surface area contributed by atoms with Crippen LogP contribution in [-0.2, 0) is 6.54 Å². The van der Waals surface area contributed by atoms with Crippen molar-refractivity contribution in [3.05, 3.63) is 29.8 Å². The fourth-order valence-corrected chi connectivity index (χ4v) is 1.17. The Morgan fingerprint density at radius 2 is 2.08 bits per heavy atom. The first kappa shape index (κ1) is 9.71. The van der Waals surface area contributed by atoms with E-state index < -0.39 is 0 Å². The summed E-state index contributed by atoms with van der Waals surface area (Å²) >= 11 is 0. The Bertz CT molecular complexity index is 281. The van der Waals surface area contributed by atoms with Gasteiger partial charge in [-0.3, -0.25) is 0 Å². The molecular weight excluding hydrogens is 162 g/mol. The van der Waals surface area contributed by atoms with Gasteiger partial charge in [0.05, 0.1) is 6.54 Å². The maximum absolute atomic E-state index is 3.97. The van der Waals surface area contributed by atoms with E-state index in [-0.39, 0.29) is 0 Å². The minimum absolute atomic E-state index is 0.652. The molecule has 1 aromatic rings. The third-order valence-corrected chi connectivity index (χ3v) is 1.77. The Labute approximate surface area is 78.9 Å². The molecule has 0 saturated heterocycles. The molecule has 0 amide bonds. The lowest BCUT2D eigenvalue weighted by Gasteiger charge is -2.07. The molecule has 0 aliphatic heterocycles. The van der Waals surface area contributed by atoms with Crippen LogP contribution in [0.4, 0.5) is 5.69 Å². The first-order valence-corrected chi connectivity index (χ1v) is 4.46. The second kappa shape index (κ2) is 5.30. The second-order valence-corrected chi connectivity index (χ2v) is 2.69. The van der Waals surface area contributed by atoms with Gasteiger partial charge in [-0.2, -0.15) is 10.2 Å². The minimum Gasteiger partial charge on any atom is -0.385 e. The third-order valence-electron chi connectivity index (χ3n) is 1.77. The quantitative estimate of drug-likeness (QED) is 0.705. The summed E-state index contributed by atoms with van der Waals surface area (Å²) in [6, 6.07) is 8.16. The van der Waals surface area contributed by atoms with Crippen molar-refractivity contribution >= 4 is 5.69 Å². The molecule has 0 aromatic heterocycles. The molecule has 3 nitrogen and oxygen atoms in total. The van der Waals surface area contributed by atoms with Gasteiger partial charge < -0.3 is 5.32 Å². The summed E-state index contributed by atoms with van der Waals surface area (Å²) in [7, 11) is 1.69. The highest BCUT2D eigenvalue weighted by Gasteiger charge is 1.97. The first-order valence-electron chi connectivity index (χ1n) is 4.46.